The fourth-order valence-corrected chi connectivity index (χ4v) is 3.69. The van der Waals surface area contributed by atoms with Crippen molar-refractivity contribution in [3.05, 3.63) is 48.0 Å². The monoisotopic (exact) mass is 318 g/mol. The van der Waals surface area contributed by atoms with Crippen LogP contribution in [0.3, 0.4) is 0 Å². The minimum absolute atomic E-state index is 0.00474. The van der Waals surface area contributed by atoms with Gasteiger partial charge in [-0.25, -0.2) is 18.1 Å². The molecule has 2 rings (SSSR count). The highest BCUT2D eigenvalue weighted by atomic mass is 32.2. The van der Waals surface area contributed by atoms with Crippen LogP contribution >= 0.6 is 0 Å². The van der Waals surface area contributed by atoms with Crippen LogP contribution in [-0.2, 0) is 17.1 Å². The van der Waals surface area contributed by atoms with Gasteiger partial charge < -0.3 is 4.57 Å². The third-order valence-corrected chi connectivity index (χ3v) is 4.88. The third kappa shape index (κ3) is 3.18. The topological polar surface area (TPSA) is 87.8 Å². The summed E-state index contributed by atoms with van der Waals surface area (Å²) in [5.41, 5.74) is 0.123. The standard InChI is InChI=1S/C15H18N4O2S/c1-11(2)14(15-17-8-9-19(15)3)18-22(20,21)13-7-5-4-6-12(13)10-16/h4-9,11,14,18H,1-3H3. The number of aryl methyl sites for hydroxylation is 1. The molecule has 1 heterocycles. The van der Waals surface area contributed by atoms with E-state index >= 15 is 0 Å². The molecule has 116 valence electrons. The van der Waals surface area contributed by atoms with Crippen LogP contribution in [0.25, 0.3) is 0 Å². The zero-order chi connectivity index (χ0) is 16.3. The average molecular weight is 318 g/mol. The molecule has 0 aliphatic carbocycles. The maximum absolute atomic E-state index is 12.6. The second-order valence-electron chi connectivity index (χ2n) is 5.35. The summed E-state index contributed by atoms with van der Waals surface area (Å²) in [5, 5.41) is 9.09. The van der Waals surface area contributed by atoms with Gasteiger partial charge in [-0.15, -0.1) is 0 Å². The van der Waals surface area contributed by atoms with Crippen LogP contribution in [0.5, 0.6) is 0 Å². The molecule has 1 atom stereocenters. The van der Waals surface area contributed by atoms with E-state index in [9.17, 15) is 8.42 Å². The van der Waals surface area contributed by atoms with Crippen LogP contribution in [0.1, 0.15) is 31.3 Å². The number of nitrogens with one attached hydrogen (secondary N) is 1. The Morgan fingerprint density at radius 2 is 2.00 bits per heavy atom. The molecule has 1 N–H and O–H groups in total. The maximum Gasteiger partial charge on any atom is 0.242 e. The van der Waals surface area contributed by atoms with Crippen LogP contribution in [0.2, 0.25) is 0 Å². The van der Waals surface area contributed by atoms with Crippen LogP contribution in [0.15, 0.2) is 41.6 Å². The summed E-state index contributed by atoms with van der Waals surface area (Å²) >= 11 is 0. The first-order valence-electron chi connectivity index (χ1n) is 6.85. The van der Waals surface area contributed by atoms with E-state index in [1.165, 1.54) is 12.1 Å². The van der Waals surface area contributed by atoms with E-state index in [0.29, 0.717) is 5.82 Å². The molecule has 1 aromatic heterocycles. The molecule has 0 amide bonds. The van der Waals surface area contributed by atoms with Gasteiger partial charge in [0, 0.05) is 19.4 Å². The lowest BCUT2D eigenvalue weighted by molar-refractivity contribution is 0.434. The Labute approximate surface area is 130 Å². The zero-order valence-electron chi connectivity index (χ0n) is 12.7. The molecule has 0 aliphatic heterocycles. The Morgan fingerprint density at radius 3 is 2.55 bits per heavy atom. The summed E-state index contributed by atoms with van der Waals surface area (Å²) in [6.45, 7) is 3.83. The number of imidazole rings is 1. The Bertz CT molecular complexity index is 803. The summed E-state index contributed by atoms with van der Waals surface area (Å²) in [4.78, 5) is 4.21. The Morgan fingerprint density at radius 1 is 1.32 bits per heavy atom. The summed E-state index contributed by atoms with van der Waals surface area (Å²) in [5.74, 6) is 0.637. The third-order valence-electron chi connectivity index (χ3n) is 3.38. The van der Waals surface area contributed by atoms with Gasteiger partial charge in [0.05, 0.1) is 16.5 Å². The first kappa shape index (κ1) is 16.2. The van der Waals surface area contributed by atoms with E-state index < -0.39 is 16.1 Å². The SMILES string of the molecule is CC(C)C(NS(=O)(=O)c1ccccc1C#N)c1nccn1C. The van der Waals surface area contributed by atoms with Gasteiger partial charge in [0.1, 0.15) is 11.9 Å². The largest absolute Gasteiger partial charge is 0.337 e. The van der Waals surface area contributed by atoms with Crippen molar-refractivity contribution < 1.29 is 8.42 Å². The van der Waals surface area contributed by atoms with Crippen LogP contribution in [0, 0.1) is 17.2 Å². The Kier molecular flexibility index (Phi) is 4.64. The second-order valence-corrected chi connectivity index (χ2v) is 7.03. The summed E-state index contributed by atoms with van der Waals surface area (Å²) < 4.78 is 29.7. The highest BCUT2D eigenvalue weighted by Gasteiger charge is 2.28. The van der Waals surface area contributed by atoms with Gasteiger partial charge in [-0.1, -0.05) is 26.0 Å². The first-order valence-corrected chi connectivity index (χ1v) is 8.34. The van der Waals surface area contributed by atoms with Gasteiger partial charge in [-0.3, -0.25) is 0 Å². The highest BCUT2D eigenvalue weighted by Crippen LogP contribution is 2.24. The molecule has 7 heteroatoms. The predicted molar refractivity (Wildman–Crippen MR) is 82.3 cm³/mol. The number of hydrogen-bond acceptors (Lipinski definition) is 4. The number of nitrogens with zero attached hydrogens (tertiary/aromatic N) is 3. The number of aromatic nitrogens is 2. The summed E-state index contributed by atoms with van der Waals surface area (Å²) in [7, 11) is -2.00. The van der Waals surface area contributed by atoms with Crippen molar-refractivity contribution in [1.29, 1.82) is 5.26 Å². The van der Waals surface area contributed by atoms with Gasteiger partial charge in [0.25, 0.3) is 0 Å². The molecule has 1 aromatic carbocycles. The van der Waals surface area contributed by atoms with Gasteiger partial charge in [0.15, 0.2) is 0 Å². The highest BCUT2D eigenvalue weighted by molar-refractivity contribution is 7.89. The van der Waals surface area contributed by atoms with Crippen molar-refractivity contribution in [2.75, 3.05) is 0 Å². The van der Waals surface area contributed by atoms with E-state index in [4.69, 9.17) is 5.26 Å². The molecule has 0 saturated heterocycles. The molecule has 0 radical (unpaired) electrons. The average Bonchev–Trinajstić information content (AvgIpc) is 2.90. The van der Waals surface area contributed by atoms with Crippen molar-refractivity contribution >= 4 is 10.0 Å². The molecule has 0 fully saturated rings. The second kappa shape index (κ2) is 6.30. The minimum Gasteiger partial charge on any atom is -0.337 e. The number of nitriles is 1. The molecule has 2 aromatic rings. The zero-order valence-corrected chi connectivity index (χ0v) is 13.5. The molecule has 0 aliphatic rings. The number of benzene rings is 1. The van der Waals surface area contributed by atoms with E-state index in [1.807, 2.05) is 27.0 Å². The lowest BCUT2D eigenvalue weighted by atomic mass is 10.1. The minimum atomic E-state index is -3.82. The van der Waals surface area contributed by atoms with Crippen molar-refractivity contribution in [3.8, 4) is 6.07 Å². The molecule has 6 nitrogen and oxygen atoms in total. The normalized spacial score (nSPS) is 13.0. The van der Waals surface area contributed by atoms with E-state index in [0.717, 1.165) is 0 Å². The molecular formula is C15H18N4O2S. The van der Waals surface area contributed by atoms with Gasteiger partial charge >= 0.3 is 0 Å². The Hall–Kier alpha value is -2.17. The van der Waals surface area contributed by atoms with Crippen LogP contribution in [0.4, 0.5) is 0 Å². The molecule has 0 spiro atoms. The molecular weight excluding hydrogens is 300 g/mol. The number of sulfonamides is 1. The van der Waals surface area contributed by atoms with Crippen molar-refractivity contribution in [3.63, 3.8) is 0 Å². The molecule has 1 unspecified atom stereocenters. The predicted octanol–water partition coefficient (Wildman–Crippen LogP) is 1.97. The fraction of sp³-hybridized carbons (Fsp3) is 0.333. The van der Waals surface area contributed by atoms with E-state index in [2.05, 4.69) is 9.71 Å². The van der Waals surface area contributed by atoms with Crippen molar-refractivity contribution in [2.45, 2.75) is 24.8 Å². The first-order chi connectivity index (χ1) is 10.4. The number of rotatable bonds is 5. The van der Waals surface area contributed by atoms with Gasteiger partial charge in [-0.2, -0.15) is 5.26 Å². The molecule has 0 bridgehead atoms. The quantitative estimate of drug-likeness (QED) is 0.913. The number of hydrogen-bond donors (Lipinski definition) is 1. The van der Waals surface area contributed by atoms with Crippen LogP contribution < -0.4 is 4.72 Å². The molecule has 0 saturated carbocycles. The molecule has 22 heavy (non-hydrogen) atoms. The summed E-state index contributed by atoms with van der Waals surface area (Å²) in [6, 6.07) is 7.58. The van der Waals surface area contributed by atoms with Gasteiger partial charge in [-0.05, 0) is 18.1 Å². The lowest BCUT2D eigenvalue weighted by Gasteiger charge is -2.22. The van der Waals surface area contributed by atoms with Crippen molar-refractivity contribution in [2.24, 2.45) is 13.0 Å². The van der Waals surface area contributed by atoms with Gasteiger partial charge in [0.2, 0.25) is 10.0 Å². The van der Waals surface area contributed by atoms with Crippen LogP contribution in [-0.4, -0.2) is 18.0 Å². The maximum atomic E-state index is 12.6. The van der Waals surface area contributed by atoms with E-state index in [-0.39, 0.29) is 16.4 Å². The fourth-order valence-electron chi connectivity index (χ4n) is 2.19. The summed E-state index contributed by atoms with van der Waals surface area (Å²) in [6.07, 6.45) is 3.39. The lowest BCUT2D eigenvalue weighted by Crippen LogP contribution is -2.33. The Balaban J connectivity index is 2.42. The van der Waals surface area contributed by atoms with Crippen molar-refractivity contribution in [1.82, 2.24) is 14.3 Å². The van der Waals surface area contributed by atoms with E-state index in [1.54, 1.807) is 29.1 Å². The smallest absolute Gasteiger partial charge is 0.242 e.